The highest BCUT2D eigenvalue weighted by molar-refractivity contribution is 6.01. The van der Waals surface area contributed by atoms with Crippen molar-refractivity contribution in [1.29, 1.82) is 0 Å². The molecular weight excluding hydrogens is 272 g/mol. The van der Waals surface area contributed by atoms with Crippen LogP contribution in [0.1, 0.15) is 56.6 Å². The molecule has 0 N–H and O–H groups in total. The van der Waals surface area contributed by atoms with Crippen LogP contribution >= 0.6 is 0 Å². The molecule has 0 saturated carbocycles. The summed E-state index contributed by atoms with van der Waals surface area (Å²) in [6.07, 6.45) is 4.51. The molecule has 1 saturated heterocycles. The average Bonchev–Trinajstić information content (AvgIpc) is 2.56. The third kappa shape index (κ3) is 3.40. The standard InChI is InChI=1S/C19H26N2O/c1-14-6-7-19(20-13-14)18-5-3-4-17(12-18)16-8-10-21(11-9-16)15(2)22/h3-5,12,14,16H,6-11,13H2,1-2H3. The van der Waals surface area contributed by atoms with Gasteiger partial charge in [-0.15, -0.1) is 0 Å². The Hall–Kier alpha value is -1.64. The number of nitrogens with zero attached hydrogens (tertiary/aromatic N) is 2. The molecule has 1 aromatic rings. The molecule has 0 radical (unpaired) electrons. The number of rotatable bonds is 2. The molecule has 0 aliphatic carbocycles. The minimum atomic E-state index is 0.206. The van der Waals surface area contributed by atoms with Gasteiger partial charge < -0.3 is 4.90 Å². The SMILES string of the molecule is CC(=O)N1CCC(c2cccc(C3=NCC(C)CC3)c2)CC1. The largest absolute Gasteiger partial charge is 0.343 e. The minimum absolute atomic E-state index is 0.206. The summed E-state index contributed by atoms with van der Waals surface area (Å²) in [4.78, 5) is 18.2. The van der Waals surface area contributed by atoms with Crippen molar-refractivity contribution < 1.29 is 4.79 Å². The molecule has 1 fully saturated rings. The van der Waals surface area contributed by atoms with Crippen LogP contribution in [0.2, 0.25) is 0 Å². The molecule has 0 aromatic heterocycles. The summed E-state index contributed by atoms with van der Waals surface area (Å²) in [6, 6.07) is 8.94. The van der Waals surface area contributed by atoms with Gasteiger partial charge in [-0.2, -0.15) is 0 Å². The fourth-order valence-corrected chi connectivity index (χ4v) is 3.55. The van der Waals surface area contributed by atoms with E-state index in [9.17, 15) is 4.79 Å². The third-order valence-corrected chi connectivity index (χ3v) is 5.10. The zero-order valence-electron chi connectivity index (χ0n) is 13.7. The minimum Gasteiger partial charge on any atom is -0.343 e. The Bertz CT molecular complexity index is 571. The number of hydrogen-bond acceptors (Lipinski definition) is 2. The van der Waals surface area contributed by atoms with Crippen LogP contribution in [0.15, 0.2) is 29.3 Å². The van der Waals surface area contributed by atoms with Crippen LogP contribution in [0, 0.1) is 5.92 Å². The third-order valence-electron chi connectivity index (χ3n) is 5.10. The van der Waals surface area contributed by atoms with E-state index in [4.69, 9.17) is 4.99 Å². The number of likely N-dealkylation sites (tertiary alicyclic amines) is 1. The number of aliphatic imine (C=N–C) groups is 1. The lowest BCUT2D eigenvalue weighted by atomic mass is 9.87. The highest BCUT2D eigenvalue weighted by Crippen LogP contribution is 2.29. The molecule has 1 unspecified atom stereocenters. The second kappa shape index (κ2) is 6.64. The smallest absolute Gasteiger partial charge is 0.219 e. The Morgan fingerprint density at radius 3 is 2.64 bits per heavy atom. The number of carbonyl (C=O) groups excluding carboxylic acids is 1. The second-order valence-electron chi connectivity index (χ2n) is 6.84. The summed E-state index contributed by atoms with van der Waals surface area (Å²) in [5.74, 6) is 1.51. The van der Waals surface area contributed by atoms with Gasteiger partial charge in [-0.05, 0) is 54.7 Å². The Morgan fingerprint density at radius 2 is 2.00 bits per heavy atom. The van der Waals surface area contributed by atoms with Crippen LogP contribution in [0.25, 0.3) is 0 Å². The average molecular weight is 298 g/mol. The normalized spacial score (nSPS) is 23.3. The predicted molar refractivity (Wildman–Crippen MR) is 90.5 cm³/mol. The number of benzene rings is 1. The van der Waals surface area contributed by atoms with Crippen molar-refractivity contribution in [3.8, 4) is 0 Å². The van der Waals surface area contributed by atoms with Gasteiger partial charge in [0, 0.05) is 32.3 Å². The maximum atomic E-state index is 11.4. The quantitative estimate of drug-likeness (QED) is 0.820. The summed E-state index contributed by atoms with van der Waals surface area (Å²) in [5.41, 5.74) is 4.00. The molecule has 22 heavy (non-hydrogen) atoms. The molecule has 1 amide bonds. The maximum absolute atomic E-state index is 11.4. The fourth-order valence-electron chi connectivity index (χ4n) is 3.55. The first kappa shape index (κ1) is 15.3. The molecular formula is C19H26N2O. The Morgan fingerprint density at radius 1 is 1.23 bits per heavy atom. The van der Waals surface area contributed by atoms with Gasteiger partial charge in [0.2, 0.25) is 5.91 Å². The summed E-state index contributed by atoms with van der Waals surface area (Å²) in [7, 11) is 0. The van der Waals surface area contributed by atoms with Gasteiger partial charge in [0.25, 0.3) is 0 Å². The van der Waals surface area contributed by atoms with Crippen molar-refractivity contribution in [2.75, 3.05) is 19.6 Å². The molecule has 0 spiro atoms. The Kier molecular flexibility index (Phi) is 4.60. The van der Waals surface area contributed by atoms with E-state index in [-0.39, 0.29) is 5.91 Å². The topological polar surface area (TPSA) is 32.7 Å². The monoisotopic (exact) mass is 298 g/mol. The molecule has 3 rings (SSSR count). The van der Waals surface area contributed by atoms with Crippen LogP contribution in [0.5, 0.6) is 0 Å². The zero-order chi connectivity index (χ0) is 15.5. The van der Waals surface area contributed by atoms with Crippen molar-refractivity contribution in [3.63, 3.8) is 0 Å². The molecule has 1 atom stereocenters. The molecule has 2 aliphatic heterocycles. The lowest BCUT2D eigenvalue weighted by Crippen LogP contribution is -2.36. The van der Waals surface area contributed by atoms with E-state index in [0.29, 0.717) is 5.92 Å². The molecule has 118 valence electrons. The lowest BCUT2D eigenvalue weighted by Gasteiger charge is -2.31. The fraction of sp³-hybridized carbons (Fsp3) is 0.579. The van der Waals surface area contributed by atoms with Crippen molar-refractivity contribution >= 4 is 11.6 Å². The first-order valence-electron chi connectivity index (χ1n) is 8.52. The molecule has 2 aliphatic rings. The van der Waals surface area contributed by atoms with Crippen LogP contribution in [-0.4, -0.2) is 36.2 Å². The van der Waals surface area contributed by atoms with Gasteiger partial charge in [0.1, 0.15) is 0 Å². The van der Waals surface area contributed by atoms with Gasteiger partial charge in [0.05, 0.1) is 0 Å². The molecule has 2 heterocycles. The van der Waals surface area contributed by atoms with E-state index in [1.807, 2.05) is 4.90 Å². The van der Waals surface area contributed by atoms with Crippen molar-refractivity contribution in [1.82, 2.24) is 4.90 Å². The van der Waals surface area contributed by atoms with E-state index >= 15 is 0 Å². The van der Waals surface area contributed by atoms with E-state index < -0.39 is 0 Å². The van der Waals surface area contributed by atoms with E-state index in [0.717, 1.165) is 44.8 Å². The lowest BCUT2D eigenvalue weighted by molar-refractivity contribution is -0.129. The molecule has 0 bridgehead atoms. The number of hydrogen-bond donors (Lipinski definition) is 0. The number of carbonyl (C=O) groups is 1. The van der Waals surface area contributed by atoms with Crippen LogP contribution in [0.4, 0.5) is 0 Å². The first-order valence-corrected chi connectivity index (χ1v) is 8.52. The van der Waals surface area contributed by atoms with Crippen LogP contribution in [-0.2, 0) is 4.79 Å². The van der Waals surface area contributed by atoms with Gasteiger partial charge in [-0.1, -0.05) is 25.1 Å². The number of amides is 1. The van der Waals surface area contributed by atoms with Crippen LogP contribution in [0.3, 0.4) is 0 Å². The van der Waals surface area contributed by atoms with Gasteiger partial charge >= 0.3 is 0 Å². The van der Waals surface area contributed by atoms with E-state index in [2.05, 4.69) is 31.2 Å². The summed E-state index contributed by atoms with van der Waals surface area (Å²) in [6.45, 7) is 6.70. The highest BCUT2D eigenvalue weighted by atomic mass is 16.2. The zero-order valence-corrected chi connectivity index (χ0v) is 13.7. The van der Waals surface area contributed by atoms with Gasteiger partial charge in [-0.25, -0.2) is 0 Å². The summed E-state index contributed by atoms with van der Waals surface area (Å²) >= 11 is 0. The van der Waals surface area contributed by atoms with Crippen LogP contribution < -0.4 is 0 Å². The van der Waals surface area contributed by atoms with Gasteiger partial charge in [-0.3, -0.25) is 9.79 Å². The second-order valence-corrected chi connectivity index (χ2v) is 6.84. The number of piperidine rings is 1. The highest BCUT2D eigenvalue weighted by Gasteiger charge is 2.22. The van der Waals surface area contributed by atoms with Crippen molar-refractivity contribution in [2.45, 2.75) is 45.4 Å². The summed E-state index contributed by atoms with van der Waals surface area (Å²) in [5, 5.41) is 0. The van der Waals surface area contributed by atoms with Crippen molar-refractivity contribution in [2.24, 2.45) is 10.9 Å². The Labute approximate surface area is 133 Å². The maximum Gasteiger partial charge on any atom is 0.219 e. The first-order chi connectivity index (χ1) is 10.6. The van der Waals surface area contributed by atoms with Gasteiger partial charge in [0.15, 0.2) is 0 Å². The predicted octanol–water partition coefficient (Wildman–Crippen LogP) is 3.63. The van der Waals surface area contributed by atoms with E-state index in [1.165, 1.54) is 23.3 Å². The molecule has 3 heteroatoms. The van der Waals surface area contributed by atoms with E-state index in [1.54, 1.807) is 6.92 Å². The summed E-state index contributed by atoms with van der Waals surface area (Å²) < 4.78 is 0. The molecule has 1 aromatic carbocycles. The Balaban J connectivity index is 1.71. The molecule has 3 nitrogen and oxygen atoms in total. The van der Waals surface area contributed by atoms with Crippen molar-refractivity contribution in [3.05, 3.63) is 35.4 Å².